The van der Waals surface area contributed by atoms with Crippen LogP contribution in [0.25, 0.3) is 0 Å². The number of benzene rings is 1. The molecular formula is C17H23NO4. The van der Waals surface area contributed by atoms with Gasteiger partial charge in [0.2, 0.25) is 5.54 Å². The molecule has 0 saturated carbocycles. The average molecular weight is 305 g/mol. The van der Waals surface area contributed by atoms with Gasteiger partial charge in [0.05, 0.1) is 6.61 Å². The van der Waals surface area contributed by atoms with Crippen molar-refractivity contribution in [3.63, 3.8) is 0 Å². The van der Waals surface area contributed by atoms with E-state index in [2.05, 4.69) is 0 Å². The number of unbranched alkanes of at least 4 members (excludes halogenated alkanes) is 1. The first-order chi connectivity index (χ1) is 10.6. The SMILES string of the molecule is CCCCOC(=O)C1(C(=O)O)CCCCN1c1ccccc1. The number of carboxylic acids is 1. The largest absolute Gasteiger partial charge is 0.479 e. The molecule has 0 radical (unpaired) electrons. The molecule has 2 rings (SSSR count). The fourth-order valence-corrected chi connectivity index (χ4v) is 2.88. The maximum Gasteiger partial charge on any atom is 0.343 e. The van der Waals surface area contributed by atoms with Gasteiger partial charge in [-0.25, -0.2) is 9.59 Å². The number of hydrogen-bond acceptors (Lipinski definition) is 4. The van der Waals surface area contributed by atoms with Crippen molar-refractivity contribution in [3.05, 3.63) is 30.3 Å². The Morgan fingerprint density at radius 2 is 2.00 bits per heavy atom. The van der Waals surface area contributed by atoms with Crippen LogP contribution in [-0.2, 0) is 14.3 Å². The lowest BCUT2D eigenvalue weighted by Crippen LogP contribution is -2.63. The minimum Gasteiger partial charge on any atom is -0.479 e. The van der Waals surface area contributed by atoms with E-state index in [-0.39, 0.29) is 13.0 Å². The maximum absolute atomic E-state index is 12.6. The zero-order chi connectivity index (χ0) is 16.0. The third-order valence-electron chi connectivity index (χ3n) is 4.12. The Kier molecular flexibility index (Phi) is 5.41. The summed E-state index contributed by atoms with van der Waals surface area (Å²) in [5, 5.41) is 9.80. The summed E-state index contributed by atoms with van der Waals surface area (Å²) in [5.41, 5.74) is -0.857. The number of carbonyl (C=O) groups excluding carboxylic acids is 1. The fourth-order valence-electron chi connectivity index (χ4n) is 2.88. The molecule has 1 aromatic carbocycles. The molecule has 0 aromatic heterocycles. The summed E-state index contributed by atoms with van der Waals surface area (Å²) in [4.78, 5) is 26.3. The van der Waals surface area contributed by atoms with Gasteiger partial charge in [0.1, 0.15) is 0 Å². The first kappa shape index (κ1) is 16.3. The number of anilines is 1. The van der Waals surface area contributed by atoms with E-state index in [9.17, 15) is 14.7 Å². The number of rotatable bonds is 6. The summed E-state index contributed by atoms with van der Waals surface area (Å²) in [5.74, 6) is -1.77. The van der Waals surface area contributed by atoms with Crippen molar-refractivity contribution in [3.8, 4) is 0 Å². The zero-order valence-corrected chi connectivity index (χ0v) is 13.0. The quantitative estimate of drug-likeness (QED) is 0.497. The van der Waals surface area contributed by atoms with Crippen molar-refractivity contribution in [1.29, 1.82) is 0 Å². The molecular weight excluding hydrogens is 282 g/mol. The van der Waals surface area contributed by atoms with Crippen molar-refractivity contribution in [1.82, 2.24) is 0 Å². The van der Waals surface area contributed by atoms with Gasteiger partial charge in [-0.3, -0.25) is 0 Å². The third kappa shape index (κ3) is 3.08. The van der Waals surface area contributed by atoms with Gasteiger partial charge in [0.15, 0.2) is 0 Å². The van der Waals surface area contributed by atoms with Crippen LogP contribution in [0.3, 0.4) is 0 Å². The highest BCUT2D eigenvalue weighted by Gasteiger charge is 2.54. The van der Waals surface area contributed by atoms with Crippen LogP contribution in [0.5, 0.6) is 0 Å². The predicted molar refractivity (Wildman–Crippen MR) is 83.9 cm³/mol. The van der Waals surface area contributed by atoms with Gasteiger partial charge in [0.25, 0.3) is 0 Å². The number of esters is 1. The lowest BCUT2D eigenvalue weighted by molar-refractivity contribution is -0.162. The molecule has 1 saturated heterocycles. The smallest absolute Gasteiger partial charge is 0.343 e. The van der Waals surface area contributed by atoms with E-state index in [1.165, 1.54) is 0 Å². The monoisotopic (exact) mass is 305 g/mol. The van der Waals surface area contributed by atoms with Crippen molar-refractivity contribution < 1.29 is 19.4 Å². The molecule has 1 atom stereocenters. The van der Waals surface area contributed by atoms with Gasteiger partial charge in [-0.2, -0.15) is 0 Å². The van der Waals surface area contributed by atoms with Crippen LogP contribution in [-0.4, -0.2) is 35.7 Å². The standard InChI is InChI=1S/C17H23NO4/c1-2-3-13-22-16(21)17(15(19)20)11-7-8-12-18(17)14-9-5-4-6-10-14/h4-6,9-10H,2-3,7-8,11-13H2,1H3,(H,19,20). The zero-order valence-electron chi connectivity index (χ0n) is 13.0. The molecule has 1 aromatic rings. The van der Waals surface area contributed by atoms with E-state index in [4.69, 9.17) is 4.74 Å². The van der Waals surface area contributed by atoms with Crippen molar-refractivity contribution >= 4 is 17.6 Å². The molecule has 1 heterocycles. The Morgan fingerprint density at radius 1 is 1.27 bits per heavy atom. The molecule has 1 fully saturated rings. The Bertz CT molecular complexity index is 517. The highest BCUT2D eigenvalue weighted by Crippen LogP contribution is 2.34. The van der Waals surface area contributed by atoms with Crippen LogP contribution in [0.1, 0.15) is 39.0 Å². The fraction of sp³-hybridized carbons (Fsp3) is 0.529. The minimum atomic E-state index is -1.60. The molecule has 5 heteroatoms. The topological polar surface area (TPSA) is 66.8 Å². The predicted octanol–water partition coefficient (Wildman–Crippen LogP) is 2.84. The minimum absolute atomic E-state index is 0.271. The molecule has 5 nitrogen and oxygen atoms in total. The van der Waals surface area contributed by atoms with Gasteiger partial charge in [0, 0.05) is 12.2 Å². The number of aliphatic carboxylic acids is 1. The van der Waals surface area contributed by atoms with E-state index in [1.54, 1.807) is 4.90 Å². The van der Waals surface area contributed by atoms with E-state index < -0.39 is 17.5 Å². The highest BCUT2D eigenvalue weighted by atomic mass is 16.5. The molecule has 120 valence electrons. The number of carboxylic acid groups (broad SMARTS) is 1. The van der Waals surface area contributed by atoms with Crippen LogP contribution in [0.2, 0.25) is 0 Å². The summed E-state index contributed by atoms with van der Waals surface area (Å²) in [6.07, 6.45) is 3.50. The van der Waals surface area contributed by atoms with Crippen LogP contribution in [0.4, 0.5) is 5.69 Å². The van der Waals surface area contributed by atoms with Crippen LogP contribution in [0, 0.1) is 0 Å². The first-order valence-corrected chi connectivity index (χ1v) is 7.86. The Morgan fingerprint density at radius 3 is 2.64 bits per heavy atom. The highest BCUT2D eigenvalue weighted by molar-refractivity contribution is 6.07. The Labute approximate surface area is 130 Å². The molecule has 1 aliphatic heterocycles. The molecule has 22 heavy (non-hydrogen) atoms. The van der Waals surface area contributed by atoms with Gasteiger partial charge in [-0.05, 0) is 37.8 Å². The van der Waals surface area contributed by atoms with Gasteiger partial charge in [-0.15, -0.1) is 0 Å². The molecule has 1 N–H and O–H groups in total. The van der Waals surface area contributed by atoms with Gasteiger partial charge >= 0.3 is 11.9 Å². The van der Waals surface area contributed by atoms with Crippen molar-refractivity contribution in [2.75, 3.05) is 18.1 Å². The summed E-state index contributed by atoms with van der Waals surface area (Å²) >= 11 is 0. The van der Waals surface area contributed by atoms with Gasteiger partial charge < -0.3 is 14.7 Å². The number of carbonyl (C=O) groups is 2. The summed E-state index contributed by atoms with van der Waals surface area (Å²) in [7, 11) is 0. The van der Waals surface area contributed by atoms with Crippen LogP contribution < -0.4 is 4.90 Å². The molecule has 0 amide bonds. The Balaban J connectivity index is 2.32. The van der Waals surface area contributed by atoms with E-state index in [1.807, 2.05) is 37.3 Å². The van der Waals surface area contributed by atoms with Crippen molar-refractivity contribution in [2.45, 2.75) is 44.6 Å². The van der Waals surface area contributed by atoms with Gasteiger partial charge in [-0.1, -0.05) is 31.5 Å². The summed E-state index contributed by atoms with van der Waals surface area (Å²) in [6, 6.07) is 9.23. The molecule has 0 bridgehead atoms. The van der Waals surface area contributed by atoms with Crippen LogP contribution in [0.15, 0.2) is 30.3 Å². The van der Waals surface area contributed by atoms with Crippen LogP contribution >= 0.6 is 0 Å². The second-order valence-electron chi connectivity index (χ2n) is 5.60. The number of para-hydroxylation sites is 1. The first-order valence-electron chi connectivity index (χ1n) is 7.86. The van der Waals surface area contributed by atoms with E-state index >= 15 is 0 Å². The van der Waals surface area contributed by atoms with E-state index in [0.717, 1.165) is 24.9 Å². The third-order valence-corrected chi connectivity index (χ3v) is 4.12. The maximum atomic E-state index is 12.6. The second kappa shape index (κ2) is 7.29. The number of ether oxygens (including phenoxy) is 1. The second-order valence-corrected chi connectivity index (χ2v) is 5.60. The summed E-state index contributed by atoms with van der Waals surface area (Å²) < 4.78 is 5.28. The number of nitrogens with zero attached hydrogens (tertiary/aromatic N) is 1. The van der Waals surface area contributed by atoms with Crippen molar-refractivity contribution in [2.24, 2.45) is 0 Å². The lowest BCUT2D eigenvalue weighted by atomic mass is 9.86. The normalized spacial score (nSPS) is 21.4. The number of hydrogen-bond donors (Lipinski definition) is 1. The molecule has 0 aliphatic carbocycles. The Hall–Kier alpha value is -2.04. The molecule has 0 spiro atoms. The molecule has 1 unspecified atom stereocenters. The van der Waals surface area contributed by atoms with E-state index in [0.29, 0.717) is 13.0 Å². The molecule has 1 aliphatic rings. The number of piperidine rings is 1. The summed E-state index contributed by atoms with van der Waals surface area (Å²) in [6.45, 7) is 2.81. The lowest BCUT2D eigenvalue weighted by Gasteiger charge is -2.43. The average Bonchev–Trinajstić information content (AvgIpc) is 2.55.